The Hall–Kier alpha value is -0.920. The van der Waals surface area contributed by atoms with Gasteiger partial charge >= 0.3 is 0 Å². The van der Waals surface area contributed by atoms with Crippen LogP contribution in [0.1, 0.15) is 13.3 Å². The Morgan fingerprint density at radius 1 is 1.39 bits per heavy atom. The van der Waals surface area contributed by atoms with Gasteiger partial charge < -0.3 is 5.32 Å². The summed E-state index contributed by atoms with van der Waals surface area (Å²) in [4.78, 5) is 0.0782. The fraction of sp³-hybridized carbons (Fsp3) is 0.455. The SMILES string of the molecule is CC(CCS(C)=O)Nc1ccccc1S(N)(=O)=O. The molecule has 2 atom stereocenters. The van der Waals surface area contributed by atoms with Crippen molar-refractivity contribution >= 4 is 26.5 Å². The first kappa shape index (κ1) is 15.1. The normalized spacial score (nSPS) is 15.1. The van der Waals surface area contributed by atoms with Crippen LogP contribution in [-0.2, 0) is 20.8 Å². The summed E-state index contributed by atoms with van der Waals surface area (Å²) in [6.45, 7) is 1.91. The highest BCUT2D eigenvalue weighted by Gasteiger charge is 2.14. The predicted molar refractivity (Wildman–Crippen MR) is 74.5 cm³/mol. The highest BCUT2D eigenvalue weighted by atomic mass is 32.2. The summed E-state index contributed by atoms with van der Waals surface area (Å²) in [6.07, 6.45) is 2.34. The molecule has 0 bridgehead atoms. The van der Waals surface area contributed by atoms with E-state index < -0.39 is 20.8 Å². The molecule has 1 rings (SSSR count). The monoisotopic (exact) mass is 290 g/mol. The van der Waals surface area contributed by atoms with Crippen molar-refractivity contribution in [3.8, 4) is 0 Å². The molecule has 102 valence electrons. The Morgan fingerprint density at radius 2 is 2.00 bits per heavy atom. The Balaban J connectivity index is 2.82. The van der Waals surface area contributed by atoms with Gasteiger partial charge in [0.05, 0.1) is 5.69 Å². The molecule has 7 heteroatoms. The summed E-state index contributed by atoms with van der Waals surface area (Å²) in [5.41, 5.74) is 0.481. The Bertz CT molecular complexity index is 529. The maximum Gasteiger partial charge on any atom is 0.240 e. The smallest absolute Gasteiger partial charge is 0.240 e. The van der Waals surface area contributed by atoms with Crippen LogP contribution in [0.25, 0.3) is 0 Å². The molecule has 0 spiro atoms. The van der Waals surface area contributed by atoms with Gasteiger partial charge in [-0.3, -0.25) is 4.21 Å². The number of benzene rings is 1. The minimum Gasteiger partial charge on any atom is -0.381 e. The molecule has 0 radical (unpaired) electrons. The standard InChI is InChI=1S/C11H18N2O3S2/c1-9(7-8-17(2)14)13-10-5-3-4-6-11(10)18(12,15)16/h3-6,9,13H,7-8H2,1-2H3,(H2,12,15,16). The van der Waals surface area contributed by atoms with Crippen molar-refractivity contribution in [3.63, 3.8) is 0 Å². The third-order valence-corrected chi connectivity index (χ3v) is 4.21. The fourth-order valence-corrected chi connectivity index (χ4v) is 2.90. The molecular formula is C11H18N2O3S2. The van der Waals surface area contributed by atoms with Crippen LogP contribution < -0.4 is 10.5 Å². The molecule has 0 saturated heterocycles. The molecule has 0 aliphatic carbocycles. The average molecular weight is 290 g/mol. The van der Waals surface area contributed by atoms with Crippen LogP contribution in [0.4, 0.5) is 5.69 Å². The van der Waals surface area contributed by atoms with Crippen molar-refractivity contribution in [2.24, 2.45) is 5.14 Å². The lowest BCUT2D eigenvalue weighted by Crippen LogP contribution is -2.21. The highest BCUT2D eigenvalue weighted by Crippen LogP contribution is 2.20. The second-order valence-electron chi connectivity index (χ2n) is 4.15. The molecule has 2 unspecified atom stereocenters. The quantitative estimate of drug-likeness (QED) is 0.814. The van der Waals surface area contributed by atoms with Crippen molar-refractivity contribution in [1.82, 2.24) is 0 Å². The summed E-state index contributed by atoms with van der Waals surface area (Å²) in [5.74, 6) is 0.575. The fourth-order valence-electron chi connectivity index (χ4n) is 1.51. The molecule has 0 fully saturated rings. The summed E-state index contributed by atoms with van der Waals surface area (Å²) < 4.78 is 33.8. The van der Waals surface area contributed by atoms with Gasteiger partial charge in [-0.25, -0.2) is 13.6 Å². The topological polar surface area (TPSA) is 89.3 Å². The number of hydrogen-bond donors (Lipinski definition) is 2. The Morgan fingerprint density at radius 3 is 2.56 bits per heavy atom. The van der Waals surface area contributed by atoms with E-state index in [1.807, 2.05) is 6.92 Å². The molecule has 0 heterocycles. The molecule has 18 heavy (non-hydrogen) atoms. The lowest BCUT2D eigenvalue weighted by Gasteiger charge is -2.16. The molecule has 1 aromatic carbocycles. The summed E-state index contributed by atoms with van der Waals surface area (Å²) in [5, 5.41) is 8.22. The molecule has 0 amide bonds. The van der Waals surface area contributed by atoms with E-state index in [0.717, 1.165) is 0 Å². The van der Waals surface area contributed by atoms with Gasteiger partial charge in [0, 0.05) is 28.9 Å². The molecule has 5 nitrogen and oxygen atoms in total. The van der Waals surface area contributed by atoms with Crippen LogP contribution in [-0.4, -0.2) is 30.7 Å². The largest absolute Gasteiger partial charge is 0.381 e. The third kappa shape index (κ3) is 4.75. The number of sulfonamides is 1. The lowest BCUT2D eigenvalue weighted by atomic mass is 10.2. The number of para-hydroxylation sites is 1. The number of primary sulfonamides is 1. The molecular weight excluding hydrogens is 272 g/mol. The summed E-state index contributed by atoms with van der Waals surface area (Å²) in [6, 6.07) is 6.51. The number of rotatable bonds is 6. The number of nitrogens with two attached hydrogens (primary N) is 1. The van der Waals surface area contributed by atoms with E-state index in [2.05, 4.69) is 5.32 Å². The molecule has 3 N–H and O–H groups in total. The second-order valence-corrected chi connectivity index (χ2v) is 7.24. The van der Waals surface area contributed by atoms with Gasteiger partial charge in [-0.2, -0.15) is 0 Å². The minimum atomic E-state index is -3.73. The summed E-state index contributed by atoms with van der Waals surface area (Å²) >= 11 is 0. The zero-order valence-electron chi connectivity index (χ0n) is 10.4. The van der Waals surface area contributed by atoms with E-state index in [-0.39, 0.29) is 10.9 Å². The van der Waals surface area contributed by atoms with Crippen LogP contribution in [0.5, 0.6) is 0 Å². The van der Waals surface area contributed by atoms with Crippen LogP contribution in [0.2, 0.25) is 0 Å². The zero-order valence-corrected chi connectivity index (χ0v) is 12.1. The molecule has 1 aromatic rings. The first-order valence-corrected chi connectivity index (χ1v) is 8.76. The van der Waals surface area contributed by atoms with Crippen molar-refractivity contribution in [3.05, 3.63) is 24.3 Å². The van der Waals surface area contributed by atoms with Crippen LogP contribution in [0.3, 0.4) is 0 Å². The number of hydrogen-bond acceptors (Lipinski definition) is 4. The molecule has 0 aromatic heterocycles. The van der Waals surface area contributed by atoms with E-state index in [1.165, 1.54) is 6.07 Å². The van der Waals surface area contributed by atoms with Crippen LogP contribution >= 0.6 is 0 Å². The van der Waals surface area contributed by atoms with E-state index in [9.17, 15) is 12.6 Å². The Labute approximate surface area is 110 Å². The van der Waals surface area contributed by atoms with E-state index in [0.29, 0.717) is 17.9 Å². The maximum absolute atomic E-state index is 11.4. The Kier molecular flexibility index (Phi) is 5.30. The van der Waals surface area contributed by atoms with Crippen LogP contribution in [0.15, 0.2) is 29.2 Å². The van der Waals surface area contributed by atoms with Gasteiger partial charge in [-0.15, -0.1) is 0 Å². The van der Waals surface area contributed by atoms with Crippen molar-refractivity contribution in [1.29, 1.82) is 0 Å². The van der Waals surface area contributed by atoms with Gasteiger partial charge in [0.2, 0.25) is 10.0 Å². The van der Waals surface area contributed by atoms with Gasteiger partial charge in [0.25, 0.3) is 0 Å². The first-order chi connectivity index (χ1) is 8.30. The van der Waals surface area contributed by atoms with Gasteiger partial charge in [-0.05, 0) is 25.5 Å². The van der Waals surface area contributed by atoms with Crippen molar-refractivity contribution < 1.29 is 12.6 Å². The minimum absolute atomic E-state index is 0.0248. The van der Waals surface area contributed by atoms with Gasteiger partial charge in [0.1, 0.15) is 4.90 Å². The van der Waals surface area contributed by atoms with E-state index in [4.69, 9.17) is 5.14 Å². The molecule has 0 aliphatic rings. The maximum atomic E-state index is 11.4. The third-order valence-electron chi connectivity index (χ3n) is 2.43. The number of anilines is 1. The predicted octanol–water partition coefficient (Wildman–Crippen LogP) is 0.903. The molecule has 0 saturated carbocycles. The molecule has 0 aliphatic heterocycles. The highest BCUT2D eigenvalue weighted by molar-refractivity contribution is 7.89. The average Bonchev–Trinajstić information content (AvgIpc) is 2.25. The van der Waals surface area contributed by atoms with Crippen LogP contribution in [0, 0.1) is 0 Å². The lowest BCUT2D eigenvalue weighted by molar-refractivity contribution is 0.597. The van der Waals surface area contributed by atoms with Gasteiger partial charge in [0.15, 0.2) is 0 Å². The summed E-state index contributed by atoms with van der Waals surface area (Å²) in [7, 11) is -4.58. The van der Waals surface area contributed by atoms with E-state index >= 15 is 0 Å². The van der Waals surface area contributed by atoms with Gasteiger partial charge in [-0.1, -0.05) is 12.1 Å². The second kappa shape index (κ2) is 6.31. The van der Waals surface area contributed by atoms with Crippen molar-refractivity contribution in [2.45, 2.75) is 24.3 Å². The number of nitrogens with one attached hydrogen (secondary N) is 1. The van der Waals surface area contributed by atoms with Crippen molar-refractivity contribution in [2.75, 3.05) is 17.3 Å². The van der Waals surface area contributed by atoms with E-state index in [1.54, 1.807) is 24.5 Å². The first-order valence-electron chi connectivity index (χ1n) is 5.49. The zero-order chi connectivity index (χ0) is 13.8.